The van der Waals surface area contributed by atoms with Crippen molar-refractivity contribution in [2.24, 2.45) is 0 Å². The van der Waals surface area contributed by atoms with Crippen molar-refractivity contribution >= 4 is 22.7 Å². The third-order valence-corrected chi connectivity index (χ3v) is 5.38. The average Bonchev–Trinajstić information content (AvgIpc) is 2.58. The minimum Gasteiger partial charge on any atom is -0.291 e. The van der Waals surface area contributed by atoms with Gasteiger partial charge in [0.15, 0.2) is 0 Å². The van der Waals surface area contributed by atoms with Crippen LogP contribution in [0.15, 0.2) is 38.8 Å². The number of halogens is 5. The Morgan fingerprint density at radius 2 is 1.85 bits per heavy atom. The molecule has 0 amide bonds. The van der Waals surface area contributed by atoms with Crippen molar-refractivity contribution in [2.75, 3.05) is 5.75 Å². The molecule has 3 aromatic rings. The third-order valence-electron chi connectivity index (χ3n) is 4.30. The lowest BCUT2D eigenvalue weighted by molar-refractivity contribution is -0.137. The van der Waals surface area contributed by atoms with Gasteiger partial charge in [0.2, 0.25) is 0 Å². The van der Waals surface area contributed by atoms with Gasteiger partial charge in [-0.3, -0.25) is 14.3 Å². The molecule has 0 saturated heterocycles. The van der Waals surface area contributed by atoms with E-state index in [4.69, 9.17) is 0 Å². The second-order valence-electron chi connectivity index (χ2n) is 5.91. The monoisotopic (exact) mass is 400 g/mol. The summed E-state index contributed by atoms with van der Waals surface area (Å²) in [4.78, 5) is 26.2. The molecule has 0 atom stereocenters. The first-order valence-electron chi connectivity index (χ1n) is 7.67. The molecule has 2 aromatic carbocycles. The highest BCUT2D eigenvalue weighted by Crippen LogP contribution is 2.47. The fourth-order valence-electron chi connectivity index (χ4n) is 3.20. The smallest absolute Gasteiger partial charge is 0.291 e. The molecule has 0 unspecified atom stereocenters. The normalized spacial score (nSPS) is 14.0. The lowest BCUT2D eigenvalue weighted by Crippen LogP contribution is -2.33. The van der Waals surface area contributed by atoms with Gasteiger partial charge in [-0.05, 0) is 18.2 Å². The topological polar surface area (TPSA) is 54.9 Å². The van der Waals surface area contributed by atoms with Gasteiger partial charge in [-0.15, -0.1) is 11.8 Å². The van der Waals surface area contributed by atoms with Crippen molar-refractivity contribution in [2.45, 2.75) is 17.6 Å². The van der Waals surface area contributed by atoms with E-state index < -0.39 is 45.8 Å². The molecule has 4 nitrogen and oxygen atoms in total. The zero-order chi connectivity index (χ0) is 19.5. The first kappa shape index (κ1) is 17.8. The van der Waals surface area contributed by atoms with E-state index in [-0.39, 0.29) is 28.1 Å². The van der Waals surface area contributed by atoms with Crippen molar-refractivity contribution in [3.63, 3.8) is 0 Å². The Morgan fingerprint density at radius 3 is 2.52 bits per heavy atom. The lowest BCUT2D eigenvalue weighted by Gasteiger charge is -2.24. The average molecular weight is 400 g/mol. The largest absolute Gasteiger partial charge is 0.417 e. The van der Waals surface area contributed by atoms with Crippen LogP contribution < -0.4 is 11.2 Å². The number of rotatable bonds is 1. The van der Waals surface area contributed by atoms with Gasteiger partial charge in [-0.1, -0.05) is 0 Å². The summed E-state index contributed by atoms with van der Waals surface area (Å²) < 4.78 is 70.0. The van der Waals surface area contributed by atoms with Gasteiger partial charge in [-0.25, -0.2) is 13.6 Å². The van der Waals surface area contributed by atoms with Crippen LogP contribution in [0.2, 0.25) is 0 Å². The minimum atomic E-state index is -4.90. The van der Waals surface area contributed by atoms with Crippen LogP contribution in [-0.2, 0) is 12.7 Å². The lowest BCUT2D eigenvalue weighted by atomic mass is 9.96. The van der Waals surface area contributed by atoms with E-state index in [0.717, 1.165) is 28.5 Å². The number of alkyl halides is 3. The van der Waals surface area contributed by atoms with E-state index >= 15 is 0 Å². The Kier molecular flexibility index (Phi) is 3.91. The van der Waals surface area contributed by atoms with Crippen molar-refractivity contribution < 1.29 is 22.0 Å². The third kappa shape index (κ3) is 2.75. The molecule has 0 saturated carbocycles. The summed E-state index contributed by atoms with van der Waals surface area (Å²) in [5.74, 6) is -1.84. The highest BCUT2D eigenvalue weighted by molar-refractivity contribution is 7.99. The van der Waals surface area contributed by atoms with Crippen LogP contribution in [0.3, 0.4) is 0 Å². The molecule has 0 spiro atoms. The molecule has 1 N–H and O–H groups in total. The number of nitrogens with one attached hydrogen (secondary N) is 1. The first-order valence-corrected chi connectivity index (χ1v) is 8.66. The van der Waals surface area contributed by atoms with Gasteiger partial charge in [0.1, 0.15) is 11.6 Å². The molecule has 1 aliphatic heterocycles. The number of thioether (sulfide) groups is 1. The molecule has 140 valence electrons. The van der Waals surface area contributed by atoms with E-state index in [1.54, 1.807) is 0 Å². The van der Waals surface area contributed by atoms with E-state index in [1.807, 2.05) is 4.98 Å². The maximum atomic E-state index is 14.3. The van der Waals surface area contributed by atoms with E-state index in [9.17, 15) is 31.5 Å². The quantitative estimate of drug-likeness (QED) is 0.633. The predicted molar refractivity (Wildman–Crippen MR) is 89.9 cm³/mol. The summed E-state index contributed by atoms with van der Waals surface area (Å²) in [6.45, 7) is 0.181. The van der Waals surface area contributed by atoms with Gasteiger partial charge in [0.05, 0.1) is 16.5 Å². The molecule has 0 radical (unpaired) electrons. The molecular formula is C17H9F5N2O2S. The standard InChI is InChI=1S/C17H9F5N2O2S/c18-7-1-2-8(11(19)5-7)12-10(17(20,21)22)6-9-13-14(12)27-4-3-24(13)16(26)23-15(9)25/h1-2,5-6H,3-4H2,(H,23,25,26). The first-order chi connectivity index (χ1) is 12.7. The number of aromatic amines is 1. The Hall–Kier alpha value is -2.62. The van der Waals surface area contributed by atoms with E-state index in [0.29, 0.717) is 12.1 Å². The van der Waals surface area contributed by atoms with Crippen LogP contribution in [-0.4, -0.2) is 15.3 Å². The maximum absolute atomic E-state index is 14.3. The molecule has 0 bridgehead atoms. The van der Waals surface area contributed by atoms with Gasteiger partial charge >= 0.3 is 11.9 Å². The number of hydrogen-bond acceptors (Lipinski definition) is 3. The number of nitrogens with zero attached hydrogens (tertiary/aromatic N) is 1. The second kappa shape index (κ2) is 5.95. The van der Waals surface area contributed by atoms with Gasteiger partial charge in [-0.2, -0.15) is 13.2 Å². The highest BCUT2D eigenvalue weighted by Gasteiger charge is 2.38. The minimum absolute atomic E-state index is 0.0201. The summed E-state index contributed by atoms with van der Waals surface area (Å²) in [7, 11) is 0. The van der Waals surface area contributed by atoms with Gasteiger partial charge < -0.3 is 0 Å². The maximum Gasteiger partial charge on any atom is 0.417 e. The number of hydrogen-bond donors (Lipinski definition) is 1. The molecule has 2 heterocycles. The van der Waals surface area contributed by atoms with Crippen molar-refractivity contribution in [1.29, 1.82) is 0 Å². The van der Waals surface area contributed by atoms with Crippen molar-refractivity contribution in [1.82, 2.24) is 9.55 Å². The van der Waals surface area contributed by atoms with Gasteiger partial charge in [0, 0.05) is 34.4 Å². The second-order valence-corrected chi connectivity index (χ2v) is 7.01. The fourth-order valence-corrected chi connectivity index (χ4v) is 4.40. The van der Waals surface area contributed by atoms with Crippen LogP contribution in [0.5, 0.6) is 0 Å². The molecule has 0 aliphatic carbocycles. The number of aryl methyl sites for hydroxylation is 1. The van der Waals surface area contributed by atoms with E-state index in [1.165, 1.54) is 0 Å². The molecular weight excluding hydrogens is 391 g/mol. The predicted octanol–water partition coefficient (Wildman–Crippen LogP) is 3.76. The Labute approximate surface area is 151 Å². The molecule has 0 fully saturated rings. The summed E-state index contributed by atoms with van der Waals surface area (Å²) in [6.07, 6.45) is -4.90. The van der Waals surface area contributed by atoms with Crippen LogP contribution in [0.25, 0.3) is 22.0 Å². The fraction of sp³-hybridized carbons (Fsp3) is 0.176. The Morgan fingerprint density at radius 1 is 1.11 bits per heavy atom. The Bertz CT molecular complexity index is 1210. The zero-order valence-electron chi connectivity index (χ0n) is 13.3. The van der Waals surface area contributed by atoms with Crippen molar-refractivity contribution in [3.8, 4) is 11.1 Å². The summed E-state index contributed by atoms with van der Waals surface area (Å²) in [5.41, 5.74) is -3.86. The SMILES string of the molecule is O=c1[nH]c(=O)n2c3c(c(-c4ccc(F)cc4F)c(C(F)(F)F)cc13)SCC2. The number of benzene rings is 2. The van der Waals surface area contributed by atoms with Crippen LogP contribution in [0, 0.1) is 11.6 Å². The Balaban J connectivity index is 2.25. The molecule has 1 aliphatic rings. The number of aromatic nitrogens is 2. The molecule has 10 heteroatoms. The van der Waals surface area contributed by atoms with Crippen LogP contribution in [0.1, 0.15) is 5.56 Å². The van der Waals surface area contributed by atoms with Crippen molar-refractivity contribution in [3.05, 3.63) is 62.3 Å². The van der Waals surface area contributed by atoms with E-state index in [2.05, 4.69) is 0 Å². The molecule has 1 aromatic heterocycles. The molecule has 4 rings (SSSR count). The molecule has 27 heavy (non-hydrogen) atoms. The number of H-pyrrole nitrogens is 1. The van der Waals surface area contributed by atoms with Crippen LogP contribution >= 0.6 is 11.8 Å². The highest BCUT2D eigenvalue weighted by atomic mass is 32.2. The summed E-state index contributed by atoms with van der Waals surface area (Å²) in [5, 5.41) is -0.310. The summed E-state index contributed by atoms with van der Waals surface area (Å²) >= 11 is 0.990. The zero-order valence-corrected chi connectivity index (χ0v) is 14.1. The summed E-state index contributed by atoms with van der Waals surface area (Å²) in [6, 6.07) is 2.87. The van der Waals surface area contributed by atoms with Gasteiger partial charge in [0.25, 0.3) is 5.56 Å². The van der Waals surface area contributed by atoms with Crippen LogP contribution in [0.4, 0.5) is 22.0 Å².